The zero-order chi connectivity index (χ0) is 21.8. The number of fused-ring (bicyclic) bond motifs is 4. The molecule has 0 spiro atoms. The van der Waals surface area contributed by atoms with E-state index in [1.165, 1.54) is 0 Å². The molecule has 0 amide bonds. The molecule has 1 aliphatic rings. The van der Waals surface area contributed by atoms with E-state index < -0.39 is 11.5 Å². The number of aromatic nitrogens is 3. The molecule has 0 aliphatic heterocycles. The molecule has 4 aromatic rings. The number of nitrogens with zero attached hydrogens (tertiary/aromatic N) is 1. The minimum absolute atomic E-state index is 0.0162. The van der Waals surface area contributed by atoms with Crippen molar-refractivity contribution in [2.45, 2.75) is 25.4 Å². The Kier molecular flexibility index (Phi) is 4.46. The second-order valence-electron chi connectivity index (χ2n) is 8.41. The van der Waals surface area contributed by atoms with E-state index in [0.717, 1.165) is 33.4 Å². The van der Waals surface area contributed by atoms with E-state index in [4.69, 9.17) is 9.84 Å². The van der Waals surface area contributed by atoms with E-state index in [1.807, 2.05) is 30.3 Å². The largest absolute Gasteiger partial charge is 0.491 e. The first-order valence-corrected chi connectivity index (χ1v) is 10.2. The average molecular weight is 417 g/mol. The van der Waals surface area contributed by atoms with E-state index in [1.54, 1.807) is 18.3 Å². The Labute approximate surface area is 178 Å². The van der Waals surface area contributed by atoms with Crippen LogP contribution in [0.1, 0.15) is 41.0 Å². The number of ketones is 1. The van der Waals surface area contributed by atoms with Crippen LogP contribution in [0.3, 0.4) is 0 Å². The average Bonchev–Trinajstić information content (AvgIpc) is 3.44. The van der Waals surface area contributed by atoms with Crippen molar-refractivity contribution in [2.24, 2.45) is 0 Å². The molecule has 0 bridgehead atoms. The van der Waals surface area contributed by atoms with Crippen LogP contribution in [0.2, 0.25) is 0 Å². The van der Waals surface area contributed by atoms with Gasteiger partial charge in [0.1, 0.15) is 18.5 Å². The van der Waals surface area contributed by atoms with E-state index in [-0.39, 0.29) is 19.0 Å². The van der Waals surface area contributed by atoms with Crippen molar-refractivity contribution >= 4 is 16.7 Å². The van der Waals surface area contributed by atoms with Crippen molar-refractivity contribution in [1.29, 1.82) is 0 Å². The first kappa shape index (κ1) is 19.5. The minimum Gasteiger partial charge on any atom is -0.491 e. The number of carbonyl (C=O) groups excluding carboxylic acids is 1. The summed E-state index contributed by atoms with van der Waals surface area (Å²) in [7, 11) is 0. The fraction of sp³-hybridized carbons (Fsp3) is 0.250. The van der Waals surface area contributed by atoms with Crippen LogP contribution in [-0.4, -0.2) is 50.5 Å². The molecule has 0 radical (unpaired) electrons. The fourth-order valence-electron chi connectivity index (χ4n) is 4.33. The highest BCUT2D eigenvalue weighted by molar-refractivity contribution is 6.20. The SMILES string of the molecule is CC1(C)c2cc(OC[C@@H](O)CO)ccc2C(=O)c2c1[nH]c1cc(-c3ccn[nH]3)ccc21. The Hall–Kier alpha value is -3.42. The molecule has 2 aromatic carbocycles. The summed E-state index contributed by atoms with van der Waals surface area (Å²) in [4.78, 5) is 16.9. The number of carbonyl (C=O) groups is 1. The molecular weight excluding hydrogens is 394 g/mol. The van der Waals surface area contributed by atoms with Crippen LogP contribution in [-0.2, 0) is 5.41 Å². The van der Waals surface area contributed by atoms with Gasteiger partial charge in [0.2, 0.25) is 0 Å². The van der Waals surface area contributed by atoms with Crippen LogP contribution < -0.4 is 4.74 Å². The summed E-state index contributed by atoms with van der Waals surface area (Å²) in [6.45, 7) is 3.77. The van der Waals surface area contributed by atoms with Gasteiger partial charge in [-0.1, -0.05) is 26.0 Å². The first-order chi connectivity index (χ1) is 14.9. The van der Waals surface area contributed by atoms with Crippen LogP contribution in [0.15, 0.2) is 48.7 Å². The summed E-state index contributed by atoms with van der Waals surface area (Å²) >= 11 is 0. The molecule has 0 fully saturated rings. The smallest absolute Gasteiger partial charge is 0.195 e. The summed E-state index contributed by atoms with van der Waals surface area (Å²) in [6, 6.07) is 13.3. The third-order valence-electron chi connectivity index (χ3n) is 6.02. The number of rotatable bonds is 5. The van der Waals surface area contributed by atoms with Crippen LogP contribution in [0, 0.1) is 0 Å². The number of H-pyrrole nitrogens is 2. The molecule has 158 valence electrons. The topological polar surface area (TPSA) is 111 Å². The zero-order valence-electron chi connectivity index (χ0n) is 17.3. The summed E-state index contributed by atoms with van der Waals surface area (Å²) in [5.41, 5.74) is 5.42. The Bertz CT molecular complexity index is 1290. The molecule has 4 N–H and O–H groups in total. The van der Waals surface area contributed by atoms with Gasteiger partial charge in [-0.15, -0.1) is 0 Å². The lowest BCUT2D eigenvalue weighted by atomic mass is 9.71. The van der Waals surface area contributed by atoms with Gasteiger partial charge in [0.05, 0.1) is 17.9 Å². The lowest BCUT2D eigenvalue weighted by Crippen LogP contribution is -2.30. The van der Waals surface area contributed by atoms with Crippen molar-refractivity contribution in [3.63, 3.8) is 0 Å². The highest BCUT2D eigenvalue weighted by Gasteiger charge is 2.39. The van der Waals surface area contributed by atoms with Crippen molar-refractivity contribution < 1.29 is 19.7 Å². The number of nitrogens with one attached hydrogen (secondary N) is 2. The lowest BCUT2D eigenvalue weighted by molar-refractivity contribution is 0.0535. The van der Waals surface area contributed by atoms with Gasteiger partial charge in [-0.05, 0) is 35.9 Å². The van der Waals surface area contributed by atoms with Gasteiger partial charge >= 0.3 is 0 Å². The number of aromatic amines is 2. The predicted molar refractivity (Wildman–Crippen MR) is 116 cm³/mol. The third-order valence-corrected chi connectivity index (χ3v) is 6.02. The maximum absolute atomic E-state index is 13.5. The van der Waals surface area contributed by atoms with Gasteiger partial charge in [0.15, 0.2) is 5.78 Å². The van der Waals surface area contributed by atoms with Crippen molar-refractivity contribution in [3.05, 3.63) is 71.0 Å². The van der Waals surface area contributed by atoms with Gasteiger partial charge in [-0.2, -0.15) is 5.10 Å². The van der Waals surface area contributed by atoms with E-state index in [9.17, 15) is 9.90 Å². The first-order valence-electron chi connectivity index (χ1n) is 10.2. The molecule has 5 rings (SSSR count). The molecule has 31 heavy (non-hydrogen) atoms. The Morgan fingerprint density at radius 1 is 1.16 bits per heavy atom. The second kappa shape index (κ2) is 7.08. The molecule has 0 saturated carbocycles. The summed E-state index contributed by atoms with van der Waals surface area (Å²) in [6.07, 6.45) is 0.761. The maximum atomic E-state index is 13.5. The maximum Gasteiger partial charge on any atom is 0.195 e. The Morgan fingerprint density at radius 3 is 2.74 bits per heavy atom. The number of aliphatic hydroxyl groups excluding tert-OH is 2. The molecule has 2 heterocycles. The summed E-state index contributed by atoms with van der Waals surface area (Å²) in [5.74, 6) is 0.528. The molecule has 2 aromatic heterocycles. The number of hydrogen-bond donors (Lipinski definition) is 4. The van der Waals surface area contributed by atoms with Crippen LogP contribution >= 0.6 is 0 Å². The van der Waals surface area contributed by atoms with E-state index >= 15 is 0 Å². The molecular formula is C24H23N3O4. The summed E-state index contributed by atoms with van der Waals surface area (Å²) < 4.78 is 5.62. The van der Waals surface area contributed by atoms with Gasteiger partial charge in [-0.3, -0.25) is 9.89 Å². The predicted octanol–water partition coefficient (Wildman–Crippen LogP) is 3.16. The van der Waals surface area contributed by atoms with E-state index in [0.29, 0.717) is 16.9 Å². The highest BCUT2D eigenvalue weighted by atomic mass is 16.5. The fourth-order valence-corrected chi connectivity index (χ4v) is 4.33. The van der Waals surface area contributed by atoms with Crippen molar-refractivity contribution in [2.75, 3.05) is 13.2 Å². The molecule has 7 nitrogen and oxygen atoms in total. The molecule has 1 atom stereocenters. The number of ether oxygens (including phenoxy) is 1. The summed E-state index contributed by atoms with van der Waals surface area (Å²) in [5, 5.41) is 26.4. The van der Waals surface area contributed by atoms with Crippen LogP contribution in [0.25, 0.3) is 22.2 Å². The van der Waals surface area contributed by atoms with Crippen molar-refractivity contribution in [1.82, 2.24) is 15.2 Å². The van der Waals surface area contributed by atoms with Gasteiger partial charge in [0.25, 0.3) is 0 Å². The number of aliphatic hydroxyl groups is 2. The second-order valence-corrected chi connectivity index (χ2v) is 8.41. The minimum atomic E-state index is -0.949. The van der Waals surface area contributed by atoms with Gasteiger partial charge in [-0.25, -0.2) is 0 Å². The lowest BCUT2D eigenvalue weighted by Gasteiger charge is -2.32. The molecule has 1 aliphatic carbocycles. The van der Waals surface area contributed by atoms with Crippen LogP contribution in [0.5, 0.6) is 5.75 Å². The van der Waals surface area contributed by atoms with Gasteiger partial charge in [0, 0.05) is 39.3 Å². The standard InChI is InChI=1S/C24H23N3O4/c1-24(2)18-10-15(31-12-14(29)11-28)4-6-16(18)22(30)21-17-5-3-13(19-7-8-25-27-19)9-20(17)26-23(21)24/h3-10,14,26,28-29H,11-12H2,1-2H3,(H,25,27)/t14-/m0/s1. The zero-order valence-corrected chi connectivity index (χ0v) is 17.3. The quantitative estimate of drug-likeness (QED) is 0.399. The molecule has 0 unspecified atom stereocenters. The van der Waals surface area contributed by atoms with Gasteiger partial charge < -0.3 is 19.9 Å². The van der Waals surface area contributed by atoms with Crippen LogP contribution in [0.4, 0.5) is 0 Å². The molecule has 0 saturated heterocycles. The van der Waals surface area contributed by atoms with E-state index in [2.05, 4.69) is 29.0 Å². The van der Waals surface area contributed by atoms with Crippen molar-refractivity contribution in [3.8, 4) is 17.0 Å². The number of hydrogen-bond acceptors (Lipinski definition) is 5. The number of benzene rings is 2. The normalized spacial score (nSPS) is 15.5. The monoisotopic (exact) mass is 417 g/mol. The molecule has 7 heteroatoms. The third kappa shape index (κ3) is 3.05. The Balaban J connectivity index is 1.60. The Morgan fingerprint density at radius 2 is 2.00 bits per heavy atom. The highest BCUT2D eigenvalue weighted by Crippen LogP contribution is 2.45.